The number of rotatable bonds is 7. The Labute approximate surface area is 199 Å². The van der Waals surface area contributed by atoms with Crippen molar-refractivity contribution >= 4 is 34.3 Å². The first-order valence-electron chi connectivity index (χ1n) is 10.1. The summed E-state index contributed by atoms with van der Waals surface area (Å²) in [6, 6.07) is 22.9. The highest BCUT2D eigenvalue weighted by Crippen LogP contribution is 2.28. The van der Waals surface area contributed by atoms with Gasteiger partial charge in [0.15, 0.2) is 16.1 Å². The molecule has 0 aliphatic carbocycles. The van der Waals surface area contributed by atoms with Crippen molar-refractivity contribution < 1.29 is 4.74 Å². The molecule has 0 unspecified atom stereocenters. The summed E-state index contributed by atoms with van der Waals surface area (Å²) < 4.78 is 6.47. The molecule has 0 atom stereocenters. The summed E-state index contributed by atoms with van der Waals surface area (Å²) in [4.78, 5) is 9.81. The molecule has 7 nitrogen and oxygen atoms in total. The zero-order valence-corrected chi connectivity index (χ0v) is 18.9. The van der Waals surface area contributed by atoms with Crippen LogP contribution in [0.1, 0.15) is 4.88 Å². The molecule has 0 saturated heterocycles. The van der Waals surface area contributed by atoms with Crippen LogP contribution in [0.4, 0.5) is 11.4 Å². The number of aromatic nitrogens is 4. The first kappa shape index (κ1) is 21.0. The molecule has 0 spiro atoms. The lowest BCUT2D eigenvalue weighted by Crippen LogP contribution is -1.97. The predicted molar refractivity (Wildman–Crippen MR) is 133 cm³/mol. The van der Waals surface area contributed by atoms with Crippen LogP contribution in [0.5, 0.6) is 11.5 Å². The van der Waals surface area contributed by atoms with Crippen LogP contribution in [0, 0.1) is 0 Å². The van der Waals surface area contributed by atoms with Crippen molar-refractivity contribution in [1.82, 2.24) is 20.2 Å². The van der Waals surface area contributed by atoms with E-state index in [0.29, 0.717) is 39.8 Å². The molecule has 0 radical (unpaired) electrons. The van der Waals surface area contributed by atoms with E-state index < -0.39 is 0 Å². The molecule has 0 amide bonds. The lowest BCUT2D eigenvalue weighted by atomic mass is 10.2. The molecule has 33 heavy (non-hydrogen) atoms. The molecule has 5 rings (SSSR count). The summed E-state index contributed by atoms with van der Waals surface area (Å²) >= 11 is 7.36. The Morgan fingerprint density at radius 2 is 1.79 bits per heavy atom. The molecule has 0 bridgehead atoms. The third kappa shape index (κ3) is 5.14. The molecule has 0 fully saturated rings. The molecule has 0 aliphatic heterocycles. The topological polar surface area (TPSA) is 102 Å². The molecule has 2 aromatic heterocycles. The van der Waals surface area contributed by atoms with E-state index in [-0.39, 0.29) is 0 Å². The largest absolute Gasteiger partial charge is 0.457 e. The van der Waals surface area contributed by atoms with E-state index in [1.54, 1.807) is 18.3 Å². The van der Waals surface area contributed by atoms with Crippen molar-refractivity contribution in [1.29, 1.82) is 0 Å². The van der Waals surface area contributed by atoms with E-state index in [1.165, 1.54) is 11.3 Å². The van der Waals surface area contributed by atoms with E-state index in [2.05, 4.69) is 25.5 Å². The molecule has 2 heterocycles. The summed E-state index contributed by atoms with van der Waals surface area (Å²) in [5.74, 6) is 2.68. The van der Waals surface area contributed by atoms with Crippen molar-refractivity contribution in [3.05, 3.63) is 88.3 Å². The van der Waals surface area contributed by atoms with Gasteiger partial charge in [-0.2, -0.15) is 5.10 Å². The highest BCUT2D eigenvalue weighted by molar-refractivity contribution is 7.15. The third-order valence-corrected chi connectivity index (χ3v) is 5.94. The van der Waals surface area contributed by atoms with Crippen LogP contribution in [0.15, 0.2) is 79.0 Å². The number of hydrogen-bond donors (Lipinski definition) is 3. The molecule has 5 aromatic rings. The second kappa shape index (κ2) is 9.32. The standard InChI is InChI=1S/C24H19ClN6OS/c25-24-28-14-21(33-24)13-27-18-5-1-3-15(11-18)22-29-23(31-30-22)16-4-2-6-20(12-16)32-19-9-7-17(26)8-10-19/h1-12,14,27H,13,26H2,(H,29,30,31). The number of benzene rings is 3. The van der Waals surface area contributed by atoms with Gasteiger partial charge in [0, 0.05) is 33.6 Å². The van der Waals surface area contributed by atoms with Gasteiger partial charge in [0.1, 0.15) is 11.5 Å². The Kier molecular flexibility index (Phi) is 5.93. The van der Waals surface area contributed by atoms with E-state index in [0.717, 1.165) is 21.7 Å². The van der Waals surface area contributed by atoms with Gasteiger partial charge < -0.3 is 15.8 Å². The Morgan fingerprint density at radius 1 is 0.970 bits per heavy atom. The van der Waals surface area contributed by atoms with Crippen molar-refractivity contribution in [2.24, 2.45) is 0 Å². The molecule has 164 valence electrons. The van der Waals surface area contributed by atoms with Gasteiger partial charge in [-0.1, -0.05) is 35.9 Å². The van der Waals surface area contributed by atoms with Crippen LogP contribution >= 0.6 is 22.9 Å². The first-order chi connectivity index (χ1) is 16.1. The van der Waals surface area contributed by atoms with E-state index in [1.807, 2.05) is 60.7 Å². The maximum atomic E-state index is 5.93. The highest BCUT2D eigenvalue weighted by Gasteiger charge is 2.10. The van der Waals surface area contributed by atoms with Crippen LogP contribution < -0.4 is 15.8 Å². The minimum Gasteiger partial charge on any atom is -0.457 e. The van der Waals surface area contributed by atoms with E-state index in [9.17, 15) is 0 Å². The average molecular weight is 475 g/mol. The van der Waals surface area contributed by atoms with Crippen molar-refractivity contribution in [3.8, 4) is 34.3 Å². The zero-order valence-electron chi connectivity index (χ0n) is 17.3. The van der Waals surface area contributed by atoms with Gasteiger partial charge in [-0.25, -0.2) is 9.97 Å². The molecule has 0 aliphatic rings. The van der Waals surface area contributed by atoms with Crippen molar-refractivity contribution in [3.63, 3.8) is 0 Å². The lowest BCUT2D eigenvalue weighted by molar-refractivity contribution is 0.483. The molecule has 0 saturated carbocycles. The Hall–Kier alpha value is -3.88. The molecule has 3 aromatic carbocycles. The lowest BCUT2D eigenvalue weighted by Gasteiger charge is -2.07. The summed E-state index contributed by atoms with van der Waals surface area (Å²) in [5.41, 5.74) is 9.17. The summed E-state index contributed by atoms with van der Waals surface area (Å²) in [7, 11) is 0. The van der Waals surface area contributed by atoms with Crippen molar-refractivity contribution in [2.45, 2.75) is 6.54 Å². The number of thiazole rings is 1. The molecule has 4 N–H and O–H groups in total. The normalized spacial score (nSPS) is 10.8. The Morgan fingerprint density at radius 3 is 2.61 bits per heavy atom. The smallest absolute Gasteiger partial charge is 0.183 e. The SMILES string of the molecule is Nc1ccc(Oc2cccc(-c3nc(-c4cccc(NCc5cnc(Cl)s5)c4)n[nH]3)c2)cc1. The fraction of sp³-hybridized carbons (Fsp3) is 0.0417. The number of nitrogen functional groups attached to an aromatic ring is 1. The number of nitrogens with zero attached hydrogens (tertiary/aromatic N) is 3. The van der Waals surface area contributed by atoms with Gasteiger partial charge in [-0.15, -0.1) is 11.3 Å². The number of halogens is 1. The minimum atomic E-state index is 0.539. The maximum absolute atomic E-state index is 5.93. The summed E-state index contributed by atoms with van der Waals surface area (Å²) in [5, 5.41) is 10.8. The second-order valence-corrected chi connectivity index (χ2v) is 8.92. The second-order valence-electron chi connectivity index (χ2n) is 7.22. The quantitative estimate of drug-likeness (QED) is 0.241. The van der Waals surface area contributed by atoms with Crippen LogP contribution in [0.3, 0.4) is 0 Å². The van der Waals surface area contributed by atoms with Gasteiger partial charge in [0.2, 0.25) is 0 Å². The van der Waals surface area contributed by atoms with Gasteiger partial charge in [-0.05, 0) is 48.5 Å². The molecular formula is C24H19ClN6OS. The van der Waals surface area contributed by atoms with Gasteiger partial charge in [0.25, 0.3) is 0 Å². The predicted octanol–water partition coefficient (Wildman–Crippen LogP) is 6.24. The third-order valence-electron chi connectivity index (χ3n) is 4.82. The maximum Gasteiger partial charge on any atom is 0.183 e. The van der Waals surface area contributed by atoms with Gasteiger partial charge in [-0.3, -0.25) is 5.10 Å². The molecule has 9 heteroatoms. The number of aromatic amines is 1. The number of nitrogens with one attached hydrogen (secondary N) is 2. The summed E-state index contributed by atoms with van der Waals surface area (Å²) in [6.07, 6.45) is 1.77. The van der Waals surface area contributed by atoms with Crippen LogP contribution in [0.2, 0.25) is 4.47 Å². The Balaban J connectivity index is 1.31. The fourth-order valence-electron chi connectivity index (χ4n) is 3.22. The van der Waals surface area contributed by atoms with Crippen LogP contribution in [-0.2, 0) is 6.54 Å². The summed E-state index contributed by atoms with van der Waals surface area (Å²) in [6.45, 7) is 0.647. The number of nitrogens with two attached hydrogens (primary N) is 1. The van der Waals surface area contributed by atoms with Gasteiger partial charge >= 0.3 is 0 Å². The van der Waals surface area contributed by atoms with Gasteiger partial charge in [0.05, 0.1) is 6.54 Å². The Bertz CT molecular complexity index is 1380. The zero-order chi connectivity index (χ0) is 22.6. The number of anilines is 2. The highest BCUT2D eigenvalue weighted by atomic mass is 35.5. The number of H-pyrrole nitrogens is 1. The fourth-order valence-corrected chi connectivity index (χ4v) is 4.14. The van der Waals surface area contributed by atoms with Crippen molar-refractivity contribution in [2.75, 3.05) is 11.1 Å². The van der Waals surface area contributed by atoms with E-state index in [4.69, 9.17) is 22.1 Å². The number of hydrogen-bond acceptors (Lipinski definition) is 7. The monoisotopic (exact) mass is 474 g/mol. The van der Waals surface area contributed by atoms with Crippen LogP contribution in [-0.4, -0.2) is 20.2 Å². The van der Waals surface area contributed by atoms with Crippen LogP contribution in [0.25, 0.3) is 22.8 Å². The molecular weight excluding hydrogens is 456 g/mol. The van der Waals surface area contributed by atoms with E-state index >= 15 is 0 Å². The minimum absolute atomic E-state index is 0.539. The number of ether oxygens (including phenoxy) is 1. The first-order valence-corrected chi connectivity index (χ1v) is 11.3. The average Bonchev–Trinajstić information content (AvgIpc) is 3.49.